The summed E-state index contributed by atoms with van der Waals surface area (Å²) in [6, 6.07) is 0. The van der Waals surface area contributed by atoms with Crippen LogP contribution in [0.1, 0.15) is 5.69 Å². The third-order valence-corrected chi connectivity index (χ3v) is 2.12. The van der Waals surface area contributed by atoms with Crippen LogP contribution in [-0.4, -0.2) is 33.4 Å². The molecule has 6 nitrogen and oxygen atoms in total. The van der Waals surface area contributed by atoms with Crippen molar-refractivity contribution in [2.75, 3.05) is 13.7 Å². The Labute approximate surface area is 81.1 Å². The van der Waals surface area contributed by atoms with Gasteiger partial charge in [-0.15, -0.1) is 0 Å². The van der Waals surface area contributed by atoms with Gasteiger partial charge in [-0.2, -0.15) is 5.10 Å². The first kappa shape index (κ1) is 9.17. The molecule has 2 aromatic heterocycles. The molecule has 0 unspecified atom stereocenters. The molecule has 0 amide bonds. The highest BCUT2D eigenvalue weighted by Crippen LogP contribution is 2.17. The van der Waals surface area contributed by atoms with E-state index in [0.29, 0.717) is 6.61 Å². The first-order chi connectivity index (χ1) is 6.95. The quantitative estimate of drug-likeness (QED) is 0.613. The van der Waals surface area contributed by atoms with Gasteiger partial charge in [-0.1, -0.05) is 0 Å². The zero-order valence-corrected chi connectivity index (χ0v) is 8.03. The Kier molecular flexibility index (Phi) is 2.47. The molecule has 14 heavy (non-hydrogen) atoms. The lowest BCUT2D eigenvalue weighted by Gasteiger charge is -2.13. The fourth-order valence-electron chi connectivity index (χ4n) is 1.53. The van der Waals surface area contributed by atoms with E-state index in [2.05, 4.69) is 20.8 Å². The molecule has 0 saturated heterocycles. The van der Waals surface area contributed by atoms with Gasteiger partial charge < -0.3 is 15.5 Å². The maximum absolute atomic E-state index is 5.32. The maximum Gasteiger partial charge on any atom is 0.199 e. The molecule has 0 saturated carbocycles. The van der Waals surface area contributed by atoms with Gasteiger partial charge in [0.05, 0.1) is 31.8 Å². The van der Waals surface area contributed by atoms with Crippen molar-refractivity contribution in [1.29, 1.82) is 0 Å². The van der Waals surface area contributed by atoms with Crippen LogP contribution in [0.3, 0.4) is 0 Å². The van der Waals surface area contributed by atoms with Crippen LogP contribution in [0, 0.1) is 0 Å². The van der Waals surface area contributed by atoms with E-state index in [-0.39, 0.29) is 0 Å². The standard InChI is InChI=1S/C7H8N4O.CH5N/c1-2-12-3-5-6-7(9-4-8-6)10-11(1)5;1-2/h4H,1-3H2,(H,8,9,10);2H2,1H3. The number of aromatic nitrogens is 4. The summed E-state index contributed by atoms with van der Waals surface area (Å²) < 4.78 is 7.28. The van der Waals surface area contributed by atoms with E-state index < -0.39 is 0 Å². The topological polar surface area (TPSA) is 81.8 Å². The molecular formula is C8H13N5O. The number of hydrogen-bond acceptors (Lipinski definition) is 4. The van der Waals surface area contributed by atoms with Gasteiger partial charge >= 0.3 is 0 Å². The molecule has 1 aliphatic heterocycles. The summed E-state index contributed by atoms with van der Waals surface area (Å²) in [6.07, 6.45) is 1.66. The van der Waals surface area contributed by atoms with Gasteiger partial charge in [0.1, 0.15) is 5.52 Å². The minimum absolute atomic E-state index is 0.638. The van der Waals surface area contributed by atoms with Crippen LogP contribution in [-0.2, 0) is 17.9 Å². The Morgan fingerprint density at radius 1 is 1.57 bits per heavy atom. The molecule has 0 fully saturated rings. The van der Waals surface area contributed by atoms with E-state index in [1.54, 1.807) is 6.33 Å². The average Bonchev–Trinajstić information content (AvgIpc) is 2.80. The smallest absolute Gasteiger partial charge is 0.199 e. The van der Waals surface area contributed by atoms with Gasteiger partial charge in [0.25, 0.3) is 0 Å². The molecule has 0 spiro atoms. The lowest BCUT2D eigenvalue weighted by molar-refractivity contribution is 0.0810. The Morgan fingerprint density at radius 2 is 2.43 bits per heavy atom. The van der Waals surface area contributed by atoms with Crippen LogP contribution in [0.4, 0.5) is 0 Å². The average molecular weight is 195 g/mol. The Morgan fingerprint density at radius 3 is 3.29 bits per heavy atom. The summed E-state index contributed by atoms with van der Waals surface area (Å²) >= 11 is 0. The van der Waals surface area contributed by atoms with E-state index >= 15 is 0 Å². The molecule has 3 heterocycles. The summed E-state index contributed by atoms with van der Waals surface area (Å²) in [7, 11) is 1.50. The van der Waals surface area contributed by atoms with Crippen LogP contribution >= 0.6 is 0 Å². The molecule has 6 heteroatoms. The normalized spacial score (nSPS) is 14.7. The van der Waals surface area contributed by atoms with Crippen molar-refractivity contribution < 1.29 is 4.74 Å². The Hall–Kier alpha value is -1.40. The van der Waals surface area contributed by atoms with Gasteiger partial charge in [0, 0.05) is 0 Å². The summed E-state index contributed by atoms with van der Waals surface area (Å²) in [5, 5.41) is 4.31. The van der Waals surface area contributed by atoms with Crippen LogP contribution in [0.15, 0.2) is 6.33 Å². The molecule has 0 atom stereocenters. The fraction of sp³-hybridized carbons (Fsp3) is 0.500. The summed E-state index contributed by atoms with van der Waals surface area (Å²) in [5.41, 5.74) is 7.40. The molecule has 0 radical (unpaired) electrons. The highest BCUT2D eigenvalue weighted by atomic mass is 16.5. The van der Waals surface area contributed by atoms with Crippen molar-refractivity contribution in [3.63, 3.8) is 0 Å². The highest BCUT2D eigenvalue weighted by molar-refractivity contribution is 5.73. The number of nitrogens with zero attached hydrogens (tertiary/aromatic N) is 3. The second-order valence-electron chi connectivity index (χ2n) is 2.82. The molecule has 0 aromatic carbocycles. The number of fused-ring (bicyclic) bond motifs is 3. The first-order valence-corrected chi connectivity index (χ1v) is 4.49. The fourth-order valence-corrected chi connectivity index (χ4v) is 1.53. The number of imidazole rings is 1. The number of H-pyrrole nitrogens is 1. The second-order valence-corrected chi connectivity index (χ2v) is 2.82. The number of ether oxygens (including phenoxy) is 1. The van der Waals surface area contributed by atoms with Crippen LogP contribution in [0.5, 0.6) is 0 Å². The number of rotatable bonds is 0. The van der Waals surface area contributed by atoms with E-state index in [4.69, 9.17) is 4.74 Å². The zero-order chi connectivity index (χ0) is 9.97. The molecule has 76 valence electrons. The van der Waals surface area contributed by atoms with Crippen LogP contribution in [0.2, 0.25) is 0 Å². The van der Waals surface area contributed by atoms with Crippen LogP contribution in [0.25, 0.3) is 11.2 Å². The SMILES string of the molecule is CN.c1nc2nn3c(c2[nH]1)COCC3. The Bertz CT molecular complexity index is 418. The van der Waals surface area contributed by atoms with Crippen molar-refractivity contribution in [2.45, 2.75) is 13.2 Å². The third-order valence-electron chi connectivity index (χ3n) is 2.12. The number of nitrogens with one attached hydrogen (secondary N) is 1. The molecule has 3 N–H and O–H groups in total. The number of hydrogen-bond donors (Lipinski definition) is 2. The van der Waals surface area contributed by atoms with E-state index in [1.807, 2.05) is 4.68 Å². The molecule has 3 rings (SSSR count). The minimum atomic E-state index is 0.638. The third kappa shape index (κ3) is 1.28. The summed E-state index contributed by atoms with van der Waals surface area (Å²) in [5.74, 6) is 0. The van der Waals surface area contributed by atoms with Crippen molar-refractivity contribution in [3.05, 3.63) is 12.0 Å². The van der Waals surface area contributed by atoms with Gasteiger partial charge in [0.15, 0.2) is 5.65 Å². The summed E-state index contributed by atoms with van der Waals surface area (Å²) in [4.78, 5) is 7.13. The lowest BCUT2D eigenvalue weighted by Crippen LogP contribution is -2.17. The van der Waals surface area contributed by atoms with Gasteiger partial charge in [-0.3, -0.25) is 4.68 Å². The monoisotopic (exact) mass is 195 g/mol. The van der Waals surface area contributed by atoms with E-state index in [9.17, 15) is 0 Å². The number of nitrogens with two attached hydrogens (primary N) is 1. The van der Waals surface area contributed by atoms with Gasteiger partial charge in [-0.05, 0) is 7.05 Å². The van der Waals surface area contributed by atoms with Crippen molar-refractivity contribution >= 4 is 11.2 Å². The van der Waals surface area contributed by atoms with Gasteiger partial charge in [-0.25, -0.2) is 4.98 Å². The van der Waals surface area contributed by atoms with E-state index in [1.165, 1.54) is 7.05 Å². The predicted octanol–water partition coefficient (Wildman–Crippen LogP) is -0.136. The van der Waals surface area contributed by atoms with Crippen molar-refractivity contribution in [2.24, 2.45) is 5.73 Å². The molecule has 0 aliphatic carbocycles. The maximum atomic E-state index is 5.32. The zero-order valence-electron chi connectivity index (χ0n) is 8.03. The highest BCUT2D eigenvalue weighted by Gasteiger charge is 2.16. The first-order valence-electron chi connectivity index (χ1n) is 4.49. The van der Waals surface area contributed by atoms with Gasteiger partial charge in [0.2, 0.25) is 0 Å². The molecule has 2 aromatic rings. The molecule has 1 aliphatic rings. The van der Waals surface area contributed by atoms with Crippen LogP contribution < -0.4 is 5.73 Å². The predicted molar refractivity (Wildman–Crippen MR) is 51.6 cm³/mol. The Balaban J connectivity index is 0.000000354. The largest absolute Gasteiger partial charge is 0.373 e. The summed E-state index contributed by atoms with van der Waals surface area (Å²) in [6.45, 7) is 2.22. The molecule has 0 bridgehead atoms. The van der Waals surface area contributed by atoms with Crippen molar-refractivity contribution in [1.82, 2.24) is 19.7 Å². The van der Waals surface area contributed by atoms with Crippen molar-refractivity contribution in [3.8, 4) is 0 Å². The minimum Gasteiger partial charge on any atom is -0.373 e. The molecular weight excluding hydrogens is 182 g/mol. The number of aromatic amines is 1. The second kappa shape index (κ2) is 3.77. The lowest BCUT2D eigenvalue weighted by atomic mass is 10.4. The van der Waals surface area contributed by atoms with E-state index in [0.717, 1.165) is 30.0 Å².